The number of aromatic nitrogens is 4. The van der Waals surface area contributed by atoms with Crippen molar-refractivity contribution in [2.45, 2.75) is 45.1 Å². The second-order valence-corrected chi connectivity index (χ2v) is 8.50. The topological polar surface area (TPSA) is 81.8 Å². The molecule has 3 heterocycles. The maximum atomic E-state index is 13.0. The number of benzene rings is 2. The van der Waals surface area contributed by atoms with E-state index in [1.165, 1.54) is 6.42 Å². The molecule has 168 valence electrons. The first-order valence-electron chi connectivity index (χ1n) is 11.6. The quantitative estimate of drug-likeness (QED) is 0.512. The van der Waals surface area contributed by atoms with Crippen molar-refractivity contribution in [2.24, 2.45) is 0 Å². The van der Waals surface area contributed by atoms with E-state index in [1.807, 2.05) is 45.8 Å². The van der Waals surface area contributed by atoms with E-state index in [9.17, 15) is 9.59 Å². The van der Waals surface area contributed by atoms with Crippen molar-refractivity contribution < 1.29 is 4.79 Å². The Labute approximate surface area is 192 Å². The fourth-order valence-electron chi connectivity index (χ4n) is 4.40. The maximum absolute atomic E-state index is 13.0. The van der Waals surface area contributed by atoms with Crippen LogP contribution in [0, 0.1) is 0 Å². The molecule has 1 N–H and O–H groups in total. The van der Waals surface area contributed by atoms with Crippen LogP contribution in [0.4, 0.5) is 0 Å². The molecular weight excluding hydrogens is 414 g/mol. The second-order valence-electron chi connectivity index (χ2n) is 8.50. The molecule has 0 aliphatic carbocycles. The van der Waals surface area contributed by atoms with Crippen molar-refractivity contribution >= 4 is 16.8 Å². The number of hydrogen-bond donors (Lipinski definition) is 1. The highest BCUT2D eigenvalue weighted by molar-refractivity contribution is 5.97. The summed E-state index contributed by atoms with van der Waals surface area (Å²) in [6, 6.07) is 15.2. The van der Waals surface area contributed by atoms with Crippen molar-refractivity contribution in [1.82, 2.24) is 24.6 Å². The average molecular weight is 442 g/mol. The molecule has 0 spiro atoms. The lowest BCUT2D eigenvalue weighted by Gasteiger charge is -2.16. The fourth-order valence-corrected chi connectivity index (χ4v) is 4.40. The Bertz CT molecular complexity index is 1320. The van der Waals surface area contributed by atoms with Gasteiger partial charge in [-0.3, -0.25) is 14.2 Å². The van der Waals surface area contributed by atoms with Gasteiger partial charge in [0.25, 0.3) is 11.5 Å². The van der Waals surface area contributed by atoms with Crippen LogP contribution in [-0.4, -0.2) is 31.8 Å². The normalized spacial score (nSPS) is 13.8. The van der Waals surface area contributed by atoms with Gasteiger partial charge in [0.15, 0.2) is 0 Å². The number of hydrogen-bond acceptors (Lipinski definition) is 4. The Kier molecular flexibility index (Phi) is 6.02. The van der Waals surface area contributed by atoms with Gasteiger partial charge >= 0.3 is 0 Å². The third-order valence-electron chi connectivity index (χ3n) is 6.23. The Hall–Kier alpha value is -3.74. The highest BCUT2D eigenvalue weighted by Crippen LogP contribution is 2.16. The van der Waals surface area contributed by atoms with E-state index in [0.29, 0.717) is 23.0 Å². The molecule has 0 fully saturated rings. The summed E-state index contributed by atoms with van der Waals surface area (Å²) < 4.78 is 3.63. The van der Waals surface area contributed by atoms with Crippen molar-refractivity contribution in [2.75, 3.05) is 6.54 Å². The fraction of sp³-hybridized carbons (Fsp3) is 0.308. The van der Waals surface area contributed by atoms with E-state index < -0.39 is 0 Å². The van der Waals surface area contributed by atoms with Gasteiger partial charge in [-0.15, -0.1) is 0 Å². The van der Waals surface area contributed by atoms with Crippen LogP contribution in [0.1, 0.15) is 47.4 Å². The third kappa shape index (κ3) is 4.58. The molecule has 0 unspecified atom stereocenters. The summed E-state index contributed by atoms with van der Waals surface area (Å²) in [7, 11) is 0. The summed E-state index contributed by atoms with van der Waals surface area (Å²) in [5, 5.41) is 7.79. The minimum absolute atomic E-state index is 0.00224. The molecule has 2 aromatic carbocycles. The van der Waals surface area contributed by atoms with E-state index in [0.717, 1.165) is 55.7 Å². The molecule has 5 rings (SSSR count). The SMILES string of the molecule is O=C(NCCc1ccc(-n2cccn2)cc1)c1ccc2c(=O)n3c(nc2c1)CCCCCC3. The summed E-state index contributed by atoms with van der Waals surface area (Å²) >= 11 is 0. The molecule has 4 aromatic rings. The van der Waals surface area contributed by atoms with Crippen LogP contribution in [0.2, 0.25) is 0 Å². The van der Waals surface area contributed by atoms with Crippen LogP contribution in [0.3, 0.4) is 0 Å². The van der Waals surface area contributed by atoms with Crippen molar-refractivity contribution in [3.05, 3.63) is 88.2 Å². The van der Waals surface area contributed by atoms with Crippen LogP contribution in [-0.2, 0) is 19.4 Å². The van der Waals surface area contributed by atoms with E-state index in [4.69, 9.17) is 4.98 Å². The average Bonchev–Trinajstić information content (AvgIpc) is 3.35. The van der Waals surface area contributed by atoms with Crippen LogP contribution < -0.4 is 10.9 Å². The lowest BCUT2D eigenvalue weighted by molar-refractivity contribution is 0.0954. The zero-order chi connectivity index (χ0) is 22.6. The first-order chi connectivity index (χ1) is 16.2. The molecule has 7 nitrogen and oxygen atoms in total. The van der Waals surface area contributed by atoms with Gasteiger partial charge in [0.2, 0.25) is 0 Å². The van der Waals surface area contributed by atoms with Gasteiger partial charge in [-0.05, 0) is 61.2 Å². The summed E-state index contributed by atoms with van der Waals surface area (Å²) in [5.41, 5.74) is 3.27. The molecule has 2 aromatic heterocycles. The number of carbonyl (C=O) groups is 1. The Morgan fingerprint density at radius 2 is 1.88 bits per heavy atom. The van der Waals surface area contributed by atoms with Gasteiger partial charge in [0.05, 0.1) is 16.6 Å². The predicted molar refractivity (Wildman–Crippen MR) is 128 cm³/mol. The smallest absolute Gasteiger partial charge is 0.261 e. The molecule has 1 aliphatic rings. The monoisotopic (exact) mass is 441 g/mol. The van der Waals surface area contributed by atoms with Gasteiger partial charge < -0.3 is 5.32 Å². The molecule has 0 radical (unpaired) electrons. The Morgan fingerprint density at radius 3 is 2.70 bits per heavy atom. The third-order valence-corrected chi connectivity index (χ3v) is 6.23. The molecule has 0 atom stereocenters. The van der Waals surface area contributed by atoms with E-state index >= 15 is 0 Å². The first kappa shape index (κ1) is 21.1. The van der Waals surface area contributed by atoms with Crippen molar-refractivity contribution in [3.8, 4) is 5.69 Å². The van der Waals surface area contributed by atoms with E-state index in [1.54, 1.807) is 24.4 Å². The van der Waals surface area contributed by atoms with Crippen LogP contribution >= 0.6 is 0 Å². The molecular formula is C26H27N5O2. The summed E-state index contributed by atoms with van der Waals surface area (Å²) in [6.45, 7) is 1.25. The molecule has 0 saturated heterocycles. The van der Waals surface area contributed by atoms with E-state index in [-0.39, 0.29) is 11.5 Å². The molecule has 0 saturated carbocycles. The van der Waals surface area contributed by atoms with Gasteiger partial charge in [-0.2, -0.15) is 5.10 Å². The maximum Gasteiger partial charge on any atom is 0.261 e. The van der Waals surface area contributed by atoms with Crippen LogP contribution in [0.15, 0.2) is 65.7 Å². The van der Waals surface area contributed by atoms with Gasteiger partial charge in [-0.25, -0.2) is 9.67 Å². The standard InChI is InChI=1S/C26H27N5O2/c32-25(27-15-13-19-7-10-21(11-8-19)31-17-5-14-28-31)20-9-12-22-23(18-20)29-24-6-3-1-2-4-16-30(24)26(22)33/h5,7-12,14,17-18H,1-4,6,13,15-16H2,(H,27,32). The van der Waals surface area contributed by atoms with Crippen LogP contribution in [0.5, 0.6) is 0 Å². The van der Waals surface area contributed by atoms with Crippen molar-refractivity contribution in [3.63, 3.8) is 0 Å². The second kappa shape index (κ2) is 9.40. The molecule has 33 heavy (non-hydrogen) atoms. The molecule has 1 aliphatic heterocycles. The highest BCUT2D eigenvalue weighted by Gasteiger charge is 2.15. The Balaban J connectivity index is 1.26. The number of aryl methyl sites for hydroxylation is 1. The molecule has 1 amide bonds. The summed E-state index contributed by atoms with van der Waals surface area (Å²) in [5.74, 6) is 0.682. The summed E-state index contributed by atoms with van der Waals surface area (Å²) in [4.78, 5) is 30.4. The minimum atomic E-state index is -0.154. The number of rotatable bonds is 5. The zero-order valence-corrected chi connectivity index (χ0v) is 18.5. The van der Waals surface area contributed by atoms with Gasteiger partial charge in [-0.1, -0.05) is 25.0 Å². The van der Waals surface area contributed by atoms with Crippen LogP contribution in [0.25, 0.3) is 16.6 Å². The minimum Gasteiger partial charge on any atom is -0.352 e. The first-order valence-corrected chi connectivity index (χ1v) is 11.6. The highest BCUT2D eigenvalue weighted by atomic mass is 16.1. The number of amides is 1. The number of fused-ring (bicyclic) bond motifs is 2. The number of nitrogens with one attached hydrogen (secondary N) is 1. The number of nitrogens with zero attached hydrogens (tertiary/aromatic N) is 4. The lowest BCUT2D eigenvalue weighted by atomic mass is 10.1. The lowest BCUT2D eigenvalue weighted by Crippen LogP contribution is -2.28. The molecule has 7 heteroatoms. The molecule has 0 bridgehead atoms. The largest absolute Gasteiger partial charge is 0.352 e. The van der Waals surface area contributed by atoms with E-state index in [2.05, 4.69) is 10.4 Å². The van der Waals surface area contributed by atoms with Crippen molar-refractivity contribution in [1.29, 1.82) is 0 Å². The summed E-state index contributed by atoms with van der Waals surface area (Å²) in [6.07, 6.45) is 9.56. The van der Waals surface area contributed by atoms with Gasteiger partial charge in [0, 0.05) is 37.5 Å². The Morgan fingerprint density at radius 1 is 1.03 bits per heavy atom. The zero-order valence-electron chi connectivity index (χ0n) is 18.5. The van der Waals surface area contributed by atoms with Gasteiger partial charge in [0.1, 0.15) is 5.82 Å². The predicted octanol–water partition coefficient (Wildman–Crippen LogP) is 3.67. The number of carbonyl (C=O) groups excluding carboxylic acids is 1.